The van der Waals surface area contributed by atoms with Crippen LogP contribution in [0, 0.1) is 0 Å². The lowest BCUT2D eigenvalue weighted by atomic mass is 10.1. The second-order valence-corrected chi connectivity index (χ2v) is 9.05. The number of benzene rings is 3. The molecular weight excluding hydrogens is 442 g/mol. The Hall–Kier alpha value is -3.85. The first kappa shape index (κ1) is 23.8. The molecule has 0 spiro atoms. The maximum atomic E-state index is 12.4. The highest BCUT2D eigenvalue weighted by atomic mass is 32.2. The zero-order valence-electron chi connectivity index (χ0n) is 18.6. The number of carbonyl (C=O) groups is 1. The molecule has 0 fully saturated rings. The lowest BCUT2D eigenvalue weighted by Gasteiger charge is -2.21. The molecule has 0 aliphatic heterocycles. The van der Waals surface area contributed by atoms with Crippen molar-refractivity contribution in [3.05, 3.63) is 84.4 Å². The highest BCUT2D eigenvalue weighted by Gasteiger charge is 2.21. The summed E-state index contributed by atoms with van der Waals surface area (Å²) >= 11 is 0. The van der Waals surface area contributed by atoms with Gasteiger partial charge in [0.15, 0.2) is 0 Å². The molecule has 1 N–H and O–H groups in total. The first-order valence-corrected chi connectivity index (χ1v) is 11.9. The van der Waals surface area contributed by atoms with Gasteiger partial charge in [-0.15, -0.1) is 0 Å². The monoisotopic (exact) mass is 467 g/mol. The van der Waals surface area contributed by atoms with E-state index in [0.29, 0.717) is 28.6 Å². The van der Waals surface area contributed by atoms with Gasteiger partial charge in [0.2, 0.25) is 10.0 Å². The molecule has 3 rings (SSSR count). The van der Waals surface area contributed by atoms with Gasteiger partial charge in [-0.3, -0.25) is 9.10 Å². The predicted octanol–water partition coefficient (Wildman–Crippen LogP) is 3.79. The summed E-state index contributed by atoms with van der Waals surface area (Å²) in [5.74, 6) is 1.34. The SMILES string of the molecule is COc1ccc(/C(C)=N/NC(=O)CN(c2ccc(Oc3ccccc3)cc2)S(C)(=O)=O)cc1. The van der Waals surface area contributed by atoms with Crippen LogP contribution >= 0.6 is 0 Å². The summed E-state index contributed by atoms with van der Waals surface area (Å²) in [5.41, 5.74) is 4.12. The van der Waals surface area contributed by atoms with Crippen molar-refractivity contribution in [3.63, 3.8) is 0 Å². The zero-order valence-corrected chi connectivity index (χ0v) is 19.4. The van der Waals surface area contributed by atoms with E-state index in [9.17, 15) is 13.2 Å². The Morgan fingerprint density at radius 1 is 0.909 bits per heavy atom. The Labute approximate surface area is 193 Å². The number of methoxy groups -OCH3 is 1. The Bertz CT molecular complexity index is 1210. The van der Waals surface area contributed by atoms with E-state index in [4.69, 9.17) is 9.47 Å². The number of anilines is 1. The minimum Gasteiger partial charge on any atom is -0.497 e. The lowest BCUT2D eigenvalue weighted by Crippen LogP contribution is -2.39. The number of rotatable bonds is 9. The molecule has 0 bridgehead atoms. The fourth-order valence-electron chi connectivity index (χ4n) is 2.91. The van der Waals surface area contributed by atoms with Crippen LogP contribution in [0.3, 0.4) is 0 Å². The molecule has 0 heterocycles. The van der Waals surface area contributed by atoms with Gasteiger partial charge in [-0.2, -0.15) is 5.10 Å². The van der Waals surface area contributed by atoms with Crippen molar-refractivity contribution in [2.24, 2.45) is 5.10 Å². The van der Waals surface area contributed by atoms with Gasteiger partial charge in [-0.1, -0.05) is 18.2 Å². The molecule has 8 nitrogen and oxygen atoms in total. The van der Waals surface area contributed by atoms with Crippen molar-refractivity contribution >= 4 is 27.3 Å². The Morgan fingerprint density at radius 2 is 1.48 bits per heavy atom. The average molecular weight is 468 g/mol. The van der Waals surface area contributed by atoms with Crippen molar-refractivity contribution < 1.29 is 22.7 Å². The van der Waals surface area contributed by atoms with Crippen LogP contribution < -0.4 is 19.2 Å². The number of hydrogen-bond acceptors (Lipinski definition) is 6. The van der Waals surface area contributed by atoms with E-state index < -0.39 is 22.5 Å². The van der Waals surface area contributed by atoms with Crippen LogP contribution in [-0.2, 0) is 14.8 Å². The fraction of sp³-hybridized carbons (Fsp3) is 0.167. The summed E-state index contributed by atoms with van der Waals surface area (Å²) < 4.78 is 36.5. The van der Waals surface area contributed by atoms with Crippen LogP contribution in [0.2, 0.25) is 0 Å². The fourth-order valence-corrected chi connectivity index (χ4v) is 3.77. The molecule has 0 saturated carbocycles. The van der Waals surface area contributed by atoms with Gasteiger partial charge in [0.05, 0.1) is 24.8 Å². The third kappa shape index (κ3) is 6.81. The zero-order chi connectivity index (χ0) is 23.8. The number of sulfonamides is 1. The number of carbonyl (C=O) groups excluding carboxylic acids is 1. The van der Waals surface area contributed by atoms with Crippen molar-refractivity contribution in [1.29, 1.82) is 0 Å². The van der Waals surface area contributed by atoms with Crippen LogP contribution in [0.25, 0.3) is 0 Å². The highest BCUT2D eigenvalue weighted by molar-refractivity contribution is 7.92. The van der Waals surface area contributed by atoms with Crippen LogP contribution in [0.15, 0.2) is 84.0 Å². The third-order valence-corrected chi connectivity index (χ3v) is 5.79. The molecule has 0 unspecified atom stereocenters. The first-order valence-electron chi connectivity index (χ1n) is 10.0. The molecule has 3 aromatic rings. The molecule has 3 aromatic carbocycles. The summed E-state index contributed by atoms with van der Waals surface area (Å²) in [6.45, 7) is 1.32. The van der Waals surface area contributed by atoms with Gasteiger partial charge in [0.25, 0.3) is 5.91 Å². The third-order valence-electron chi connectivity index (χ3n) is 4.65. The van der Waals surface area contributed by atoms with E-state index >= 15 is 0 Å². The Kier molecular flexibility index (Phi) is 7.68. The second kappa shape index (κ2) is 10.6. The number of nitrogens with one attached hydrogen (secondary N) is 1. The molecular formula is C24H25N3O5S. The van der Waals surface area contributed by atoms with Crippen LogP contribution in [-0.4, -0.2) is 39.9 Å². The quantitative estimate of drug-likeness (QED) is 0.381. The standard InChI is InChI=1S/C24H25N3O5S/c1-18(19-9-13-21(31-2)14-10-19)25-26-24(28)17-27(33(3,29)30)20-11-15-23(16-12-20)32-22-7-5-4-6-8-22/h4-16H,17H2,1-3H3,(H,26,28)/b25-18+. The second-order valence-electron chi connectivity index (χ2n) is 7.14. The molecule has 0 atom stereocenters. The van der Waals surface area contributed by atoms with E-state index in [0.717, 1.165) is 16.1 Å². The smallest absolute Gasteiger partial charge is 0.260 e. The maximum Gasteiger partial charge on any atom is 0.260 e. The van der Waals surface area contributed by atoms with Gasteiger partial charge in [-0.05, 0) is 73.2 Å². The van der Waals surface area contributed by atoms with E-state index in [1.165, 1.54) is 0 Å². The number of hydrogen-bond donors (Lipinski definition) is 1. The minimum atomic E-state index is -3.71. The topological polar surface area (TPSA) is 97.3 Å². The largest absolute Gasteiger partial charge is 0.497 e. The van der Waals surface area contributed by atoms with E-state index in [1.54, 1.807) is 50.4 Å². The molecule has 0 aliphatic rings. The summed E-state index contributed by atoms with van der Waals surface area (Å²) in [6, 6.07) is 22.9. The van der Waals surface area contributed by atoms with Gasteiger partial charge >= 0.3 is 0 Å². The van der Waals surface area contributed by atoms with Gasteiger partial charge in [0, 0.05) is 0 Å². The summed E-state index contributed by atoms with van der Waals surface area (Å²) in [7, 11) is -2.14. The summed E-state index contributed by atoms with van der Waals surface area (Å²) in [5, 5.41) is 4.07. The van der Waals surface area contributed by atoms with Gasteiger partial charge < -0.3 is 9.47 Å². The predicted molar refractivity (Wildman–Crippen MR) is 128 cm³/mol. The highest BCUT2D eigenvalue weighted by Crippen LogP contribution is 2.25. The van der Waals surface area contributed by atoms with Crippen molar-refractivity contribution in [2.75, 3.05) is 24.2 Å². The van der Waals surface area contributed by atoms with Crippen LogP contribution in [0.1, 0.15) is 12.5 Å². The Balaban J connectivity index is 1.68. The summed E-state index contributed by atoms with van der Waals surface area (Å²) in [6.07, 6.45) is 1.04. The maximum absolute atomic E-state index is 12.4. The minimum absolute atomic E-state index is 0.337. The van der Waals surface area contributed by atoms with Crippen molar-refractivity contribution in [3.8, 4) is 17.2 Å². The molecule has 172 valence electrons. The molecule has 9 heteroatoms. The molecule has 0 aliphatic carbocycles. The molecule has 0 aromatic heterocycles. The number of nitrogens with zero attached hydrogens (tertiary/aromatic N) is 2. The van der Waals surface area contributed by atoms with E-state index in [1.807, 2.05) is 42.5 Å². The number of amides is 1. The average Bonchev–Trinajstić information content (AvgIpc) is 2.81. The van der Waals surface area contributed by atoms with Crippen molar-refractivity contribution in [2.45, 2.75) is 6.92 Å². The van der Waals surface area contributed by atoms with Gasteiger partial charge in [-0.25, -0.2) is 13.8 Å². The first-order chi connectivity index (χ1) is 15.8. The van der Waals surface area contributed by atoms with Crippen molar-refractivity contribution in [1.82, 2.24) is 5.43 Å². The summed E-state index contributed by atoms with van der Waals surface area (Å²) in [4.78, 5) is 12.4. The Morgan fingerprint density at radius 3 is 2.06 bits per heavy atom. The van der Waals surface area contributed by atoms with E-state index in [2.05, 4.69) is 10.5 Å². The number of hydrazone groups is 1. The van der Waals surface area contributed by atoms with Gasteiger partial charge in [0.1, 0.15) is 23.8 Å². The van der Waals surface area contributed by atoms with Crippen LogP contribution in [0.5, 0.6) is 17.2 Å². The van der Waals surface area contributed by atoms with Crippen LogP contribution in [0.4, 0.5) is 5.69 Å². The lowest BCUT2D eigenvalue weighted by molar-refractivity contribution is -0.119. The molecule has 0 radical (unpaired) electrons. The molecule has 0 saturated heterocycles. The molecule has 33 heavy (non-hydrogen) atoms. The van der Waals surface area contributed by atoms with E-state index in [-0.39, 0.29) is 0 Å². The normalized spacial score (nSPS) is 11.5. The molecule has 1 amide bonds. The number of para-hydroxylation sites is 1. The number of ether oxygens (including phenoxy) is 2.